The molecule has 1 N–H and O–H groups in total. The first-order valence-corrected chi connectivity index (χ1v) is 7.89. The van der Waals surface area contributed by atoms with E-state index in [-0.39, 0.29) is 4.60 Å². The summed E-state index contributed by atoms with van der Waals surface area (Å²) >= 11 is 2.94. The maximum atomic E-state index is 13.5. The Hall–Kier alpha value is -1.68. The van der Waals surface area contributed by atoms with Gasteiger partial charge in [-0.2, -0.15) is 13.2 Å². The first-order valence-electron chi connectivity index (χ1n) is 5.62. The van der Waals surface area contributed by atoms with E-state index in [0.29, 0.717) is 6.07 Å². The molecule has 22 heavy (non-hydrogen) atoms. The summed E-state index contributed by atoms with van der Waals surface area (Å²) in [6, 6.07) is 5.31. The van der Waals surface area contributed by atoms with Crippen LogP contribution in [0.2, 0.25) is 0 Å². The summed E-state index contributed by atoms with van der Waals surface area (Å²) in [5.41, 5.74) is -1.13. The van der Waals surface area contributed by atoms with Gasteiger partial charge >= 0.3 is 6.18 Å². The number of nitrogens with zero attached hydrogens (tertiary/aromatic N) is 1. The van der Waals surface area contributed by atoms with Crippen LogP contribution in [-0.2, 0) is 16.2 Å². The highest BCUT2D eigenvalue weighted by Crippen LogP contribution is 2.31. The number of rotatable bonds is 3. The second-order valence-electron chi connectivity index (χ2n) is 4.10. The number of pyridine rings is 1. The van der Waals surface area contributed by atoms with Gasteiger partial charge in [-0.25, -0.2) is 17.8 Å². The molecule has 10 heteroatoms. The quantitative estimate of drug-likeness (QED) is 0.631. The minimum atomic E-state index is -4.69. The third-order valence-corrected chi connectivity index (χ3v) is 4.29. The van der Waals surface area contributed by atoms with Gasteiger partial charge in [0.25, 0.3) is 10.0 Å². The van der Waals surface area contributed by atoms with E-state index in [9.17, 15) is 26.0 Å². The van der Waals surface area contributed by atoms with Crippen molar-refractivity contribution in [2.75, 3.05) is 4.72 Å². The number of halogens is 5. The van der Waals surface area contributed by atoms with Gasteiger partial charge in [0.05, 0.1) is 10.5 Å². The Balaban J connectivity index is 2.41. The van der Waals surface area contributed by atoms with E-state index in [4.69, 9.17) is 0 Å². The molecular formula is C12H7BrF4N2O2S. The number of nitrogens with one attached hydrogen (secondary N) is 1. The van der Waals surface area contributed by atoms with Crippen LogP contribution in [0.1, 0.15) is 5.56 Å². The molecule has 0 bridgehead atoms. The third-order valence-electron chi connectivity index (χ3n) is 2.51. The molecule has 0 unspecified atom stereocenters. The second-order valence-corrected chi connectivity index (χ2v) is 6.59. The van der Waals surface area contributed by atoms with Crippen molar-refractivity contribution in [3.8, 4) is 0 Å². The minimum Gasteiger partial charge on any atom is -0.261 e. The van der Waals surface area contributed by atoms with Crippen LogP contribution in [0, 0.1) is 5.82 Å². The minimum absolute atomic E-state index is 0.163. The zero-order valence-corrected chi connectivity index (χ0v) is 12.9. The first kappa shape index (κ1) is 16.7. The Morgan fingerprint density at radius 2 is 1.82 bits per heavy atom. The Labute approximate surface area is 131 Å². The van der Waals surface area contributed by atoms with Crippen LogP contribution in [0.3, 0.4) is 0 Å². The number of hydrogen-bond acceptors (Lipinski definition) is 3. The Kier molecular flexibility index (Phi) is 4.43. The summed E-state index contributed by atoms with van der Waals surface area (Å²) in [4.78, 5) is 2.93. The molecule has 0 atom stereocenters. The second kappa shape index (κ2) is 5.84. The number of alkyl halides is 3. The van der Waals surface area contributed by atoms with Crippen molar-refractivity contribution in [3.05, 3.63) is 52.4 Å². The number of hydrogen-bond donors (Lipinski definition) is 1. The van der Waals surface area contributed by atoms with Gasteiger partial charge < -0.3 is 0 Å². The number of benzene rings is 1. The molecule has 0 saturated carbocycles. The van der Waals surface area contributed by atoms with Crippen LogP contribution in [0.25, 0.3) is 0 Å². The molecular weight excluding hydrogens is 392 g/mol. The van der Waals surface area contributed by atoms with E-state index in [0.717, 1.165) is 24.3 Å². The van der Waals surface area contributed by atoms with Gasteiger partial charge in [0, 0.05) is 0 Å². The Bertz CT molecular complexity index is 809. The van der Waals surface area contributed by atoms with Crippen molar-refractivity contribution in [2.24, 2.45) is 0 Å². The van der Waals surface area contributed by atoms with Gasteiger partial charge in [-0.1, -0.05) is 6.07 Å². The fourth-order valence-corrected chi connectivity index (χ4v) is 2.88. The monoisotopic (exact) mass is 398 g/mol. The van der Waals surface area contributed by atoms with Gasteiger partial charge in [-0.05, 0) is 46.3 Å². The number of aromatic nitrogens is 1. The van der Waals surface area contributed by atoms with Crippen molar-refractivity contribution in [1.29, 1.82) is 0 Å². The van der Waals surface area contributed by atoms with Crippen molar-refractivity contribution < 1.29 is 26.0 Å². The summed E-state index contributed by atoms with van der Waals surface area (Å²) in [6.07, 6.45) is -4.69. The SMILES string of the molecule is O=S(=O)(Nc1nc(Br)ccc1F)c1cccc(C(F)(F)F)c1. The molecule has 4 nitrogen and oxygen atoms in total. The lowest BCUT2D eigenvalue weighted by Crippen LogP contribution is -2.16. The molecule has 1 aromatic carbocycles. The van der Waals surface area contributed by atoms with Crippen LogP contribution >= 0.6 is 15.9 Å². The lowest BCUT2D eigenvalue weighted by molar-refractivity contribution is -0.137. The highest BCUT2D eigenvalue weighted by atomic mass is 79.9. The number of anilines is 1. The van der Waals surface area contributed by atoms with Crippen molar-refractivity contribution in [2.45, 2.75) is 11.1 Å². The molecule has 1 heterocycles. The molecule has 0 amide bonds. The van der Waals surface area contributed by atoms with E-state index < -0.39 is 38.3 Å². The van der Waals surface area contributed by atoms with E-state index in [1.54, 1.807) is 0 Å². The van der Waals surface area contributed by atoms with Gasteiger partial charge in [0.15, 0.2) is 11.6 Å². The van der Waals surface area contributed by atoms with Crippen molar-refractivity contribution in [3.63, 3.8) is 0 Å². The lowest BCUT2D eigenvalue weighted by atomic mass is 10.2. The largest absolute Gasteiger partial charge is 0.416 e. The smallest absolute Gasteiger partial charge is 0.261 e. The zero-order chi connectivity index (χ0) is 16.5. The van der Waals surface area contributed by atoms with E-state index in [1.165, 1.54) is 6.07 Å². The molecule has 118 valence electrons. The molecule has 2 aromatic rings. The molecule has 0 radical (unpaired) electrons. The van der Waals surface area contributed by atoms with Crippen LogP contribution < -0.4 is 4.72 Å². The predicted molar refractivity (Wildman–Crippen MR) is 74.1 cm³/mol. The van der Waals surface area contributed by atoms with Gasteiger partial charge in [0.2, 0.25) is 0 Å². The zero-order valence-electron chi connectivity index (χ0n) is 10.5. The van der Waals surface area contributed by atoms with Gasteiger partial charge in [0.1, 0.15) is 4.60 Å². The molecule has 0 aliphatic rings. The van der Waals surface area contributed by atoms with Gasteiger partial charge in [-0.15, -0.1) is 0 Å². The summed E-state index contributed by atoms with van der Waals surface area (Å²) in [7, 11) is -4.41. The van der Waals surface area contributed by atoms with Crippen molar-refractivity contribution in [1.82, 2.24) is 4.98 Å². The Morgan fingerprint density at radius 1 is 1.14 bits per heavy atom. The maximum Gasteiger partial charge on any atom is 0.416 e. The van der Waals surface area contributed by atoms with Crippen molar-refractivity contribution >= 4 is 31.8 Å². The molecule has 0 spiro atoms. The molecule has 0 aliphatic carbocycles. The highest BCUT2D eigenvalue weighted by Gasteiger charge is 2.31. The summed E-state index contributed by atoms with van der Waals surface area (Å²) in [5.74, 6) is -1.58. The predicted octanol–water partition coefficient (Wildman–Crippen LogP) is 3.80. The maximum absolute atomic E-state index is 13.5. The fraction of sp³-hybridized carbons (Fsp3) is 0.0833. The average Bonchev–Trinajstić information content (AvgIpc) is 2.42. The average molecular weight is 399 g/mol. The lowest BCUT2D eigenvalue weighted by Gasteiger charge is -2.11. The van der Waals surface area contributed by atoms with E-state index >= 15 is 0 Å². The number of sulfonamides is 1. The topological polar surface area (TPSA) is 59.1 Å². The third kappa shape index (κ3) is 3.74. The van der Waals surface area contributed by atoms with Crippen LogP contribution in [0.4, 0.5) is 23.4 Å². The molecule has 0 saturated heterocycles. The fourth-order valence-electron chi connectivity index (χ4n) is 1.52. The van der Waals surface area contributed by atoms with Crippen LogP contribution in [0.5, 0.6) is 0 Å². The molecule has 1 aromatic heterocycles. The van der Waals surface area contributed by atoms with E-state index in [1.807, 2.05) is 4.72 Å². The standard InChI is InChI=1S/C12H7BrF4N2O2S/c13-10-5-4-9(14)11(18-10)19-22(20,21)8-3-1-2-7(6-8)12(15,16)17/h1-6H,(H,18,19). The van der Waals surface area contributed by atoms with Gasteiger partial charge in [-0.3, -0.25) is 4.72 Å². The normalized spacial score (nSPS) is 12.2. The van der Waals surface area contributed by atoms with Crippen LogP contribution in [0.15, 0.2) is 45.9 Å². The summed E-state index contributed by atoms with van der Waals surface area (Å²) < 4.78 is 77.4. The first-order chi connectivity index (χ1) is 10.1. The molecule has 0 fully saturated rings. The Morgan fingerprint density at radius 3 is 2.45 bits per heavy atom. The summed E-state index contributed by atoms with van der Waals surface area (Å²) in [6.45, 7) is 0. The highest BCUT2D eigenvalue weighted by molar-refractivity contribution is 9.10. The van der Waals surface area contributed by atoms with Crippen LogP contribution in [-0.4, -0.2) is 13.4 Å². The summed E-state index contributed by atoms with van der Waals surface area (Å²) in [5, 5.41) is 0. The molecule has 0 aliphatic heterocycles. The molecule has 2 rings (SSSR count). The van der Waals surface area contributed by atoms with E-state index in [2.05, 4.69) is 20.9 Å².